The summed E-state index contributed by atoms with van der Waals surface area (Å²) in [5.74, 6) is 1.87. The molecule has 19 heavy (non-hydrogen) atoms. The second-order valence-corrected chi connectivity index (χ2v) is 6.95. The van der Waals surface area contributed by atoms with Crippen LogP contribution in [0, 0.1) is 23.6 Å². The second-order valence-electron chi connectivity index (χ2n) is 5.72. The van der Waals surface area contributed by atoms with Crippen LogP contribution in [-0.2, 0) is 0 Å². The van der Waals surface area contributed by atoms with Gasteiger partial charge < -0.3 is 5.32 Å². The van der Waals surface area contributed by atoms with Gasteiger partial charge in [-0.2, -0.15) is 0 Å². The van der Waals surface area contributed by atoms with Gasteiger partial charge in [0.1, 0.15) is 5.82 Å². The Bertz CT molecular complexity index is 481. The minimum atomic E-state index is -0.279. The summed E-state index contributed by atoms with van der Waals surface area (Å²) in [5.41, 5.74) is 0.718. The first-order valence-electron chi connectivity index (χ1n) is 6.95. The maximum atomic E-state index is 14.4. The third-order valence-electron chi connectivity index (χ3n) is 4.82. The van der Waals surface area contributed by atoms with Crippen molar-refractivity contribution < 1.29 is 4.39 Å². The van der Waals surface area contributed by atoms with Crippen LogP contribution >= 0.6 is 27.5 Å². The molecule has 1 aromatic rings. The van der Waals surface area contributed by atoms with Gasteiger partial charge in [-0.25, -0.2) is 4.39 Å². The van der Waals surface area contributed by atoms with E-state index in [1.807, 2.05) is 19.2 Å². The topological polar surface area (TPSA) is 12.0 Å². The predicted molar refractivity (Wildman–Crippen MR) is 79.8 cm³/mol. The van der Waals surface area contributed by atoms with Gasteiger partial charge in [0.05, 0.1) is 5.02 Å². The molecular formula is C15H18BrClFN. The zero-order valence-electron chi connectivity index (χ0n) is 10.9. The summed E-state index contributed by atoms with van der Waals surface area (Å²) in [7, 11) is 1.92. The van der Waals surface area contributed by atoms with E-state index < -0.39 is 0 Å². The van der Waals surface area contributed by atoms with E-state index >= 15 is 0 Å². The average molecular weight is 347 g/mol. The molecule has 104 valence electrons. The molecule has 3 atom stereocenters. The van der Waals surface area contributed by atoms with Crippen molar-refractivity contribution in [2.75, 3.05) is 7.05 Å². The van der Waals surface area contributed by atoms with Gasteiger partial charge in [0.15, 0.2) is 0 Å². The van der Waals surface area contributed by atoms with Gasteiger partial charge in [0, 0.05) is 16.1 Å². The lowest BCUT2D eigenvalue weighted by atomic mass is 9.99. The molecule has 3 rings (SSSR count). The molecule has 0 aromatic heterocycles. The minimum Gasteiger partial charge on any atom is -0.313 e. The molecule has 2 aliphatic carbocycles. The van der Waals surface area contributed by atoms with E-state index in [1.54, 1.807) is 0 Å². The van der Waals surface area contributed by atoms with Crippen LogP contribution < -0.4 is 5.32 Å². The Kier molecular flexibility index (Phi) is 3.89. The Labute approximate surface area is 127 Å². The molecule has 0 aliphatic heterocycles. The molecule has 0 radical (unpaired) electrons. The van der Waals surface area contributed by atoms with Gasteiger partial charge in [-0.3, -0.25) is 0 Å². The van der Waals surface area contributed by atoms with Gasteiger partial charge in [-0.05, 0) is 59.6 Å². The number of benzene rings is 1. The van der Waals surface area contributed by atoms with Crippen LogP contribution in [0.1, 0.15) is 37.3 Å². The van der Waals surface area contributed by atoms with Crippen molar-refractivity contribution >= 4 is 27.5 Å². The number of rotatable bonds is 3. The molecular weight excluding hydrogens is 329 g/mol. The first kappa shape index (κ1) is 13.8. The molecule has 1 aromatic carbocycles. The Morgan fingerprint density at radius 1 is 1.32 bits per heavy atom. The van der Waals surface area contributed by atoms with Crippen LogP contribution in [0.5, 0.6) is 0 Å². The monoisotopic (exact) mass is 345 g/mol. The lowest BCUT2D eigenvalue weighted by Gasteiger charge is -2.19. The van der Waals surface area contributed by atoms with Crippen LogP contribution in [0.4, 0.5) is 4.39 Å². The van der Waals surface area contributed by atoms with Crippen molar-refractivity contribution in [2.45, 2.75) is 31.7 Å². The number of halogens is 3. The van der Waals surface area contributed by atoms with Crippen molar-refractivity contribution in [2.24, 2.45) is 17.8 Å². The number of hydrogen-bond acceptors (Lipinski definition) is 1. The summed E-state index contributed by atoms with van der Waals surface area (Å²) in [6.45, 7) is 0. The zero-order valence-corrected chi connectivity index (χ0v) is 13.3. The van der Waals surface area contributed by atoms with E-state index in [-0.39, 0.29) is 16.9 Å². The van der Waals surface area contributed by atoms with E-state index in [2.05, 4.69) is 21.2 Å². The average Bonchev–Trinajstić information content (AvgIpc) is 3.14. The Morgan fingerprint density at radius 2 is 1.95 bits per heavy atom. The van der Waals surface area contributed by atoms with Crippen LogP contribution in [0.15, 0.2) is 16.6 Å². The zero-order chi connectivity index (χ0) is 13.6. The number of hydrogen-bond donors (Lipinski definition) is 1. The summed E-state index contributed by atoms with van der Waals surface area (Å²) >= 11 is 9.28. The van der Waals surface area contributed by atoms with E-state index in [0.717, 1.165) is 17.4 Å². The third-order valence-corrected chi connectivity index (χ3v) is 6.08. The van der Waals surface area contributed by atoms with Gasteiger partial charge in [-0.15, -0.1) is 0 Å². The molecule has 4 heteroatoms. The molecule has 3 unspecified atom stereocenters. The fraction of sp³-hybridized carbons (Fsp3) is 0.600. The van der Waals surface area contributed by atoms with E-state index in [4.69, 9.17) is 11.6 Å². The summed E-state index contributed by atoms with van der Waals surface area (Å²) in [6, 6.07) is 3.80. The molecule has 0 saturated heterocycles. The molecule has 1 N–H and O–H groups in total. The molecule has 1 nitrogen and oxygen atoms in total. The van der Waals surface area contributed by atoms with Crippen molar-refractivity contribution in [3.8, 4) is 0 Å². The Hall–Kier alpha value is -0.120. The van der Waals surface area contributed by atoms with E-state index in [0.29, 0.717) is 10.4 Å². The highest BCUT2D eigenvalue weighted by Gasteiger charge is 2.54. The molecule has 2 fully saturated rings. The predicted octanol–water partition coefficient (Wildman–Crippen LogP) is 4.94. The number of nitrogens with one attached hydrogen (secondary N) is 1. The maximum absolute atomic E-state index is 14.4. The van der Waals surface area contributed by atoms with E-state index in [1.165, 1.54) is 25.7 Å². The minimum absolute atomic E-state index is 0.0960. The smallest absolute Gasteiger partial charge is 0.147 e. The quantitative estimate of drug-likeness (QED) is 0.765. The van der Waals surface area contributed by atoms with Crippen molar-refractivity contribution in [3.63, 3.8) is 0 Å². The summed E-state index contributed by atoms with van der Waals surface area (Å²) < 4.78 is 15.0. The molecule has 0 bridgehead atoms. The fourth-order valence-corrected chi connectivity index (χ4v) is 4.36. The molecule has 0 spiro atoms. The Morgan fingerprint density at radius 3 is 2.53 bits per heavy atom. The standard InChI is InChI=1S/C15H18BrClFN/c1-19-15(12-8-4-2-3-5-9(8)12)10-6-7-11(16)13(17)14(10)18/h6-9,12,15,19H,2-5H2,1H3. The molecule has 2 saturated carbocycles. The van der Waals surface area contributed by atoms with Crippen molar-refractivity contribution in [1.29, 1.82) is 0 Å². The van der Waals surface area contributed by atoms with Crippen LogP contribution in [0.2, 0.25) is 5.02 Å². The summed E-state index contributed by atoms with van der Waals surface area (Å²) in [5, 5.41) is 3.51. The van der Waals surface area contributed by atoms with Gasteiger partial charge in [0.2, 0.25) is 0 Å². The largest absolute Gasteiger partial charge is 0.313 e. The molecule has 0 amide bonds. The van der Waals surface area contributed by atoms with Crippen molar-refractivity contribution in [3.05, 3.63) is 33.0 Å². The van der Waals surface area contributed by atoms with Crippen LogP contribution in [0.3, 0.4) is 0 Å². The first-order valence-corrected chi connectivity index (χ1v) is 8.13. The van der Waals surface area contributed by atoms with E-state index in [9.17, 15) is 4.39 Å². The summed E-state index contributed by atoms with van der Waals surface area (Å²) in [6.07, 6.45) is 5.27. The highest BCUT2D eigenvalue weighted by atomic mass is 79.9. The van der Waals surface area contributed by atoms with Gasteiger partial charge in [0.25, 0.3) is 0 Å². The van der Waals surface area contributed by atoms with Crippen LogP contribution in [-0.4, -0.2) is 7.05 Å². The third kappa shape index (κ3) is 2.34. The highest BCUT2D eigenvalue weighted by Crippen LogP contribution is 2.60. The second kappa shape index (κ2) is 5.34. The number of fused-ring (bicyclic) bond motifs is 1. The Balaban J connectivity index is 1.89. The fourth-order valence-electron chi connectivity index (χ4n) is 3.88. The summed E-state index contributed by atoms with van der Waals surface area (Å²) in [4.78, 5) is 0. The van der Waals surface area contributed by atoms with Crippen molar-refractivity contribution in [1.82, 2.24) is 5.32 Å². The van der Waals surface area contributed by atoms with Gasteiger partial charge in [-0.1, -0.05) is 30.5 Å². The molecule has 0 heterocycles. The lowest BCUT2D eigenvalue weighted by molar-refractivity contribution is 0.457. The SMILES string of the molecule is CNC(c1ccc(Br)c(Cl)c1F)C1C2CCCCC21. The maximum Gasteiger partial charge on any atom is 0.147 e. The highest BCUT2D eigenvalue weighted by molar-refractivity contribution is 9.10. The first-order chi connectivity index (χ1) is 9.15. The normalized spacial score (nSPS) is 30.8. The molecule has 2 aliphatic rings. The van der Waals surface area contributed by atoms with Gasteiger partial charge >= 0.3 is 0 Å². The lowest BCUT2D eigenvalue weighted by Crippen LogP contribution is -2.21. The van der Waals surface area contributed by atoms with Crippen LogP contribution in [0.25, 0.3) is 0 Å².